The van der Waals surface area contributed by atoms with Crippen molar-refractivity contribution in [3.05, 3.63) is 102 Å². The molecule has 0 spiro atoms. The summed E-state index contributed by atoms with van der Waals surface area (Å²) in [5.74, 6) is -2.19. The maximum atomic E-state index is 14.0. The fourth-order valence-corrected chi connectivity index (χ4v) is 8.57. The average molecular weight is 641 g/mol. The second-order valence-electron chi connectivity index (χ2n) is 9.88. The normalized spacial score (nSPS) is 19.4. The highest BCUT2D eigenvalue weighted by Crippen LogP contribution is 2.55. The summed E-state index contributed by atoms with van der Waals surface area (Å²) in [6.07, 6.45) is 0. The van der Waals surface area contributed by atoms with Crippen LogP contribution in [0.1, 0.15) is 21.9 Å². The lowest BCUT2D eigenvalue weighted by Crippen LogP contribution is -2.33. The summed E-state index contributed by atoms with van der Waals surface area (Å²) >= 11 is 15.2. The molecule has 0 radical (unpaired) electrons. The zero-order valence-corrected chi connectivity index (χ0v) is 25.4. The summed E-state index contributed by atoms with van der Waals surface area (Å²) in [5, 5.41) is 3.00. The Bertz CT molecular complexity index is 1800. The van der Waals surface area contributed by atoms with Crippen molar-refractivity contribution >= 4 is 75.4 Å². The first-order valence-corrected chi connectivity index (χ1v) is 15.4. The number of carbonyl (C=O) groups excluding carboxylic acids is 3. The Morgan fingerprint density at radius 2 is 1.71 bits per heavy atom. The standard InChI is InChI=1S/C30H23Cl2N3O5S2/c1-15-6-3-4-9-20(15)33-21(36)14-34-29-26(42-30(34)39)22(18-7-5-8-19(31)24(18)32)23-25(41-29)28(38)35(27(23)37)16-10-12-17(40-2)13-11-16/h3-13,22-23,25H,14H2,1-2H3,(H,33,36). The predicted molar refractivity (Wildman–Crippen MR) is 165 cm³/mol. The van der Waals surface area contributed by atoms with E-state index in [2.05, 4.69) is 5.32 Å². The Morgan fingerprint density at radius 3 is 2.43 bits per heavy atom. The van der Waals surface area contributed by atoms with Crippen molar-refractivity contribution in [2.45, 2.75) is 29.7 Å². The van der Waals surface area contributed by atoms with Gasteiger partial charge in [-0.3, -0.25) is 23.7 Å². The van der Waals surface area contributed by atoms with Crippen LogP contribution in [0, 0.1) is 12.8 Å². The zero-order chi connectivity index (χ0) is 29.7. The van der Waals surface area contributed by atoms with Crippen LogP contribution >= 0.6 is 46.3 Å². The molecule has 0 saturated carbocycles. The van der Waals surface area contributed by atoms with Gasteiger partial charge in [0.1, 0.15) is 17.5 Å². The number of nitrogens with zero attached hydrogens (tertiary/aromatic N) is 2. The first-order valence-electron chi connectivity index (χ1n) is 12.9. The van der Waals surface area contributed by atoms with Gasteiger partial charge in [-0.15, -0.1) is 0 Å². The number of aromatic nitrogens is 1. The number of aryl methyl sites for hydroxylation is 1. The number of ether oxygens (including phenoxy) is 1. The molecule has 2 aliphatic rings. The van der Waals surface area contributed by atoms with Crippen LogP contribution in [-0.2, 0) is 20.9 Å². The third kappa shape index (κ3) is 4.82. The highest BCUT2D eigenvalue weighted by Gasteiger charge is 2.57. The molecule has 1 saturated heterocycles. The maximum Gasteiger partial charge on any atom is 0.308 e. The Morgan fingerprint density at radius 1 is 0.976 bits per heavy atom. The van der Waals surface area contributed by atoms with Crippen molar-refractivity contribution in [2.75, 3.05) is 17.3 Å². The van der Waals surface area contributed by atoms with Gasteiger partial charge in [-0.25, -0.2) is 4.90 Å². The fourth-order valence-electron chi connectivity index (χ4n) is 5.38. The van der Waals surface area contributed by atoms with Crippen molar-refractivity contribution in [1.82, 2.24) is 4.57 Å². The third-order valence-electron chi connectivity index (χ3n) is 7.42. The van der Waals surface area contributed by atoms with E-state index >= 15 is 0 Å². The van der Waals surface area contributed by atoms with E-state index in [1.54, 1.807) is 48.5 Å². The molecular weight excluding hydrogens is 617 g/mol. The molecule has 3 amide bonds. The molecule has 42 heavy (non-hydrogen) atoms. The van der Waals surface area contributed by atoms with E-state index in [0.717, 1.165) is 28.7 Å². The highest BCUT2D eigenvalue weighted by molar-refractivity contribution is 8.00. The number of thioether (sulfide) groups is 1. The van der Waals surface area contributed by atoms with E-state index in [4.69, 9.17) is 27.9 Å². The van der Waals surface area contributed by atoms with Gasteiger partial charge in [0.05, 0.1) is 33.8 Å². The third-order valence-corrected chi connectivity index (χ3v) is 10.9. The quantitative estimate of drug-likeness (QED) is 0.261. The number of para-hydroxylation sites is 1. The molecule has 3 heterocycles. The zero-order valence-electron chi connectivity index (χ0n) is 22.3. The summed E-state index contributed by atoms with van der Waals surface area (Å²) in [4.78, 5) is 55.8. The van der Waals surface area contributed by atoms with Crippen LogP contribution in [0.25, 0.3) is 0 Å². The molecule has 3 atom stereocenters. The van der Waals surface area contributed by atoms with Gasteiger partial charge in [0.2, 0.25) is 17.7 Å². The molecule has 3 unspecified atom stereocenters. The predicted octanol–water partition coefficient (Wildman–Crippen LogP) is 5.97. The Kier molecular flexibility index (Phi) is 7.65. The van der Waals surface area contributed by atoms with Crippen LogP contribution in [0.2, 0.25) is 10.0 Å². The van der Waals surface area contributed by atoms with Crippen LogP contribution in [0.4, 0.5) is 11.4 Å². The van der Waals surface area contributed by atoms with Gasteiger partial charge in [0.15, 0.2) is 0 Å². The second kappa shape index (κ2) is 11.3. The van der Waals surface area contributed by atoms with E-state index in [-0.39, 0.29) is 22.3 Å². The summed E-state index contributed by atoms with van der Waals surface area (Å²) in [6, 6.07) is 19.1. The fraction of sp³-hybridized carbons (Fsp3) is 0.200. The number of nitrogens with one attached hydrogen (secondary N) is 1. The Balaban J connectivity index is 1.43. The number of imide groups is 1. The van der Waals surface area contributed by atoms with E-state index < -0.39 is 28.9 Å². The molecule has 1 N–H and O–H groups in total. The van der Waals surface area contributed by atoms with Crippen molar-refractivity contribution in [1.29, 1.82) is 0 Å². The summed E-state index contributed by atoms with van der Waals surface area (Å²) in [6.45, 7) is 1.62. The number of carbonyl (C=O) groups is 3. The number of halogens is 2. The maximum absolute atomic E-state index is 14.0. The lowest BCUT2D eigenvalue weighted by atomic mass is 9.83. The van der Waals surface area contributed by atoms with Crippen LogP contribution in [-0.4, -0.2) is 34.6 Å². The number of hydrogen-bond acceptors (Lipinski definition) is 7. The second-order valence-corrected chi connectivity index (χ2v) is 12.8. The Labute approximate surface area is 259 Å². The molecule has 0 aliphatic carbocycles. The molecular formula is C30H23Cl2N3O5S2. The minimum absolute atomic E-state index is 0.244. The van der Waals surface area contributed by atoms with Gasteiger partial charge >= 0.3 is 4.87 Å². The lowest BCUT2D eigenvalue weighted by Gasteiger charge is -2.31. The number of hydrogen-bond donors (Lipinski definition) is 1. The van der Waals surface area contributed by atoms with Crippen molar-refractivity contribution < 1.29 is 19.1 Å². The van der Waals surface area contributed by atoms with Gasteiger partial charge in [0, 0.05) is 16.5 Å². The number of amides is 3. The van der Waals surface area contributed by atoms with Gasteiger partial charge in [-0.05, 0) is 54.4 Å². The summed E-state index contributed by atoms with van der Waals surface area (Å²) < 4.78 is 6.60. The molecule has 1 aromatic heterocycles. The number of fused-ring (bicyclic) bond motifs is 2. The molecule has 3 aromatic carbocycles. The van der Waals surface area contributed by atoms with Crippen molar-refractivity contribution in [2.24, 2.45) is 5.92 Å². The first-order chi connectivity index (χ1) is 20.2. The van der Waals surface area contributed by atoms with Crippen LogP contribution in [0.3, 0.4) is 0 Å². The summed E-state index contributed by atoms with van der Waals surface area (Å²) in [5.41, 5.74) is 2.47. The Hall–Kier alpha value is -3.57. The largest absolute Gasteiger partial charge is 0.497 e. The lowest BCUT2D eigenvalue weighted by molar-refractivity contribution is -0.122. The number of thiazole rings is 1. The van der Waals surface area contributed by atoms with Gasteiger partial charge in [-0.2, -0.15) is 0 Å². The molecule has 4 aromatic rings. The van der Waals surface area contributed by atoms with E-state index in [1.165, 1.54) is 16.6 Å². The van der Waals surface area contributed by atoms with Gasteiger partial charge < -0.3 is 10.1 Å². The monoisotopic (exact) mass is 639 g/mol. The van der Waals surface area contributed by atoms with Crippen LogP contribution in [0.15, 0.2) is 76.6 Å². The van der Waals surface area contributed by atoms with E-state index in [0.29, 0.717) is 37.6 Å². The number of benzene rings is 3. The van der Waals surface area contributed by atoms with Crippen LogP contribution < -0.4 is 19.8 Å². The smallest absolute Gasteiger partial charge is 0.308 e. The highest BCUT2D eigenvalue weighted by atomic mass is 35.5. The molecule has 12 heteroatoms. The van der Waals surface area contributed by atoms with Gasteiger partial charge in [-0.1, -0.05) is 76.6 Å². The number of anilines is 2. The topological polar surface area (TPSA) is 97.7 Å². The molecule has 1 fully saturated rings. The molecule has 214 valence electrons. The molecule has 0 bridgehead atoms. The summed E-state index contributed by atoms with van der Waals surface area (Å²) in [7, 11) is 1.53. The van der Waals surface area contributed by atoms with Crippen molar-refractivity contribution in [3.63, 3.8) is 0 Å². The molecule has 8 nitrogen and oxygen atoms in total. The van der Waals surface area contributed by atoms with E-state index in [1.807, 2.05) is 25.1 Å². The number of rotatable bonds is 6. The minimum atomic E-state index is -0.855. The van der Waals surface area contributed by atoms with Gasteiger partial charge in [0.25, 0.3) is 0 Å². The molecule has 2 aliphatic heterocycles. The first kappa shape index (κ1) is 28.5. The van der Waals surface area contributed by atoms with Crippen LogP contribution in [0.5, 0.6) is 5.75 Å². The SMILES string of the molecule is COc1ccc(N2C(=O)C3Sc4c(sc(=O)n4CC(=O)Nc4ccccc4C)C(c4cccc(Cl)c4Cl)C3C2=O)cc1. The number of methoxy groups -OCH3 is 1. The minimum Gasteiger partial charge on any atom is -0.497 e. The molecule has 6 rings (SSSR count). The van der Waals surface area contributed by atoms with Crippen molar-refractivity contribution in [3.8, 4) is 5.75 Å². The average Bonchev–Trinajstić information content (AvgIpc) is 3.42. The van der Waals surface area contributed by atoms with E-state index in [9.17, 15) is 19.2 Å².